The minimum atomic E-state index is 0.236. The summed E-state index contributed by atoms with van der Waals surface area (Å²) in [5.41, 5.74) is 0. The fourth-order valence-electron chi connectivity index (χ4n) is 2.32. The Bertz CT molecular complexity index is 200. The Labute approximate surface area is 99.4 Å². The zero-order chi connectivity index (χ0) is 11.8. The van der Waals surface area contributed by atoms with Crippen LogP contribution in [0.2, 0.25) is 0 Å². The van der Waals surface area contributed by atoms with E-state index in [0.717, 1.165) is 25.9 Å². The molecular weight excluding hydrogens is 200 g/mol. The van der Waals surface area contributed by atoms with Crippen LogP contribution < -0.4 is 10.6 Å². The van der Waals surface area contributed by atoms with Crippen LogP contribution in [0.3, 0.4) is 0 Å². The van der Waals surface area contributed by atoms with Gasteiger partial charge in [-0.2, -0.15) is 0 Å². The van der Waals surface area contributed by atoms with Crippen LogP contribution >= 0.6 is 0 Å². The normalized spacial score (nSPS) is 19.4. The van der Waals surface area contributed by atoms with Gasteiger partial charge in [-0.05, 0) is 45.2 Å². The number of nitrogens with one attached hydrogen (secondary N) is 2. The minimum absolute atomic E-state index is 0.236. The van der Waals surface area contributed by atoms with E-state index >= 15 is 0 Å². The monoisotopic (exact) mass is 226 g/mol. The van der Waals surface area contributed by atoms with Gasteiger partial charge in [0.2, 0.25) is 5.91 Å². The number of hydrogen-bond acceptors (Lipinski definition) is 2. The van der Waals surface area contributed by atoms with Crippen molar-refractivity contribution in [3.8, 4) is 0 Å². The van der Waals surface area contributed by atoms with E-state index in [2.05, 4.69) is 24.5 Å². The lowest BCUT2D eigenvalue weighted by atomic mass is 9.91. The molecule has 0 aromatic heterocycles. The zero-order valence-corrected chi connectivity index (χ0v) is 10.7. The Hall–Kier alpha value is -0.570. The van der Waals surface area contributed by atoms with Crippen LogP contribution in [0.5, 0.6) is 0 Å². The van der Waals surface area contributed by atoms with Gasteiger partial charge in [0.25, 0.3) is 0 Å². The maximum atomic E-state index is 11.6. The van der Waals surface area contributed by atoms with Crippen LogP contribution in [-0.2, 0) is 4.79 Å². The van der Waals surface area contributed by atoms with Crippen molar-refractivity contribution in [2.24, 2.45) is 5.92 Å². The van der Waals surface area contributed by atoms with Gasteiger partial charge in [0.1, 0.15) is 0 Å². The SMILES string of the molecule is CCCCCC(=O)NC(C)C1CCNCC1. The summed E-state index contributed by atoms with van der Waals surface area (Å²) in [5, 5.41) is 6.49. The summed E-state index contributed by atoms with van der Waals surface area (Å²) in [5.74, 6) is 0.899. The molecule has 3 nitrogen and oxygen atoms in total. The Morgan fingerprint density at radius 3 is 2.69 bits per heavy atom. The number of unbranched alkanes of at least 4 members (excludes halogenated alkanes) is 2. The van der Waals surface area contributed by atoms with Crippen LogP contribution in [0.25, 0.3) is 0 Å². The van der Waals surface area contributed by atoms with E-state index in [-0.39, 0.29) is 5.91 Å². The summed E-state index contributed by atoms with van der Waals surface area (Å²) in [6, 6.07) is 0.344. The van der Waals surface area contributed by atoms with Gasteiger partial charge in [-0.3, -0.25) is 4.79 Å². The van der Waals surface area contributed by atoms with Gasteiger partial charge in [-0.25, -0.2) is 0 Å². The molecule has 3 heteroatoms. The lowest BCUT2D eigenvalue weighted by Crippen LogP contribution is -2.42. The second-order valence-electron chi connectivity index (χ2n) is 4.90. The molecule has 1 unspecified atom stereocenters. The van der Waals surface area contributed by atoms with Crippen molar-refractivity contribution in [2.45, 2.75) is 58.4 Å². The molecule has 1 saturated heterocycles. The predicted octanol–water partition coefficient (Wildman–Crippen LogP) is 2.07. The first kappa shape index (κ1) is 13.5. The molecule has 1 heterocycles. The first-order chi connectivity index (χ1) is 7.74. The highest BCUT2D eigenvalue weighted by Gasteiger charge is 2.20. The summed E-state index contributed by atoms with van der Waals surface area (Å²) in [6.45, 7) is 6.50. The first-order valence-electron chi connectivity index (χ1n) is 6.74. The molecule has 0 aromatic rings. The molecule has 1 amide bonds. The van der Waals surface area contributed by atoms with E-state index < -0.39 is 0 Å². The van der Waals surface area contributed by atoms with E-state index in [0.29, 0.717) is 18.4 Å². The molecule has 0 saturated carbocycles. The topological polar surface area (TPSA) is 41.1 Å². The van der Waals surface area contributed by atoms with Gasteiger partial charge in [0.05, 0.1) is 0 Å². The van der Waals surface area contributed by atoms with Gasteiger partial charge >= 0.3 is 0 Å². The van der Waals surface area contributed by atoms with Gasteiger partial charge in [-0.1, -0.05) is 19.8 Å². The number of carbonyl (C=O) groups is 1. The van der Waals surface area contributed by atoms with Crippen molar-refractivity contribution in [1.82, 2.24) is 10.6 Å². The van der Waals surface area contributed by atoms with Crippen LogP contribution in [0, 0.1) is 5.92 Å². The van der Waals surface area contributed by atoms with Crippen LogP contribution in [0.4, 0.5) is 0 Å². The number of piperidine rings is 1. The third-order valence-corrected chi connectivity index (χ3v) is 3.49. The molecule has 2 N–H and O–H groups in total. The highest BCUT2D eigenvalue weighted by Crippen LogP contribution is 2.16. The molecule has 94 valence electrons. The number of amides is 1. The molecule has 0 radical (unpaired) electrons. The molecule has 1 aliphatic heterocycles. The van der Waals surface area contributed by atoms with Crippen LogP contribution in [0.15, 0.2) is 0 Å². The Morgan fingerprint density at radius 2 is 2.06 bits per heavy atom. The van der Waals surface area contributed by atoms with E-state index in [1.54, 1.807) is 0 Å². The average Bonchev–Trinajstić information content (AvgIpc) is 2.30. The molecule has 0 bridgehead atoms. The number of carbonyl (C=O) groups excluding carboxylic acids is 1. The molecule has 1 atom stereocenters. The van der Waals surface area contributed by atoms with E-state index in [1.165, 1.54) is 19.3 Å². The summed E-state index contributed by atoms with van der Waals surface area (Å²) in [7, 11) is 0. The van der Waals surface area contributed by atoms with Gasteiger partial charge < -0.3 is 10.6 Å². The van der Waals surface area contributed by atoms with Crippen molar-refractivity contribution in [1.29, 1.82) is 0 Å². The smallest absolute Gasteiger partial charge is 0.220 e. The van der Waals surface area contributed by atoms with E-state index in [9.17, 15) is 4.79 Å². The first-order valence-corrected chi connectivity index (χ1v) is 6.74. The molecule has 1 aliphatic rings. The summed E-state index contributed by atoms with van der Waals surface area (Å²) < 4.78 is 0. The lowest BCUT2D eigenvalue weighted by molar-refractivity contribution is -0.122. The fraction of sp³-hybridized carbons (Fsp3) is 0.923. The zero-order valence-electron chi connectivity index (χ0n) is 10.7. The predicted molar refractivity (Wildman–Crippen MR) is 67.3 cm³/mol. The summed E-state index contributed by atoms with van der Waals surface area (Å²) in [4.78, 5) is 11.6. The van der Waals surface area contributed by atoms with Crippen molar-refractivity contribution >= 4 is 5.91 Å². The molecule has 1 fully saturated rings. The molecule has 0 aromatic carbocycles. The van der Waals surface area contributed by atoms with Crippen molar-refractivity contribution in [3.63, 3.8) is 0 Å². The van der Waals surface area contributed by atoms with Crippen molar-refractivity contribution in [2.75, 3.05) is 13.1 Å². The van der Waals surface area contributed by atoms with Crippen molar-refractivity contribution < 1.29 is 4.79 Å². The standard InChI is InChI=1S/C13H26N2O/c1-3-4-5-6-13(16)15-11(2)12-7-9-14-10-8-12/h11-12,14H,3-10H2,1-2H3,(H,15,16). The van der Waals surface area contributed by atoms with E-state index in [4.69, 9.17) is 0 Å². The molecule has 0 aliphatic carbocycles. The highest BCUT2D eigenvalue weighted by atomic mass is 16.1. The fourth-order valence-corrected chi connectivity index (χ4v) is 2.32. The Balaban J connectivity index is 2.16. The number of rotatable bonds is 6. The van der Waals surface area contributed by atoms with E-state index in [1.807, 2.05) is 0 Å². The van der Waals surface area contributed by atoms with Crippen LogP contribution in [-0.4, -0.2) is 25.0 Å². The molecule has 1 rings (SSSR count). The quantitative estimate of drug-likeness (QED) is 0.681. The van der Waals surface area contributed by atoms with Gasteiger partial charge in [0, 0.05) is 12.5 Å². The molecular formula is C13H26N2O. The van der Waals surface area contributed by atoms with Gasteiger partial charge in [-0.15, -0.1) is 0 Å². The maximum absolute atomic E-state index is 11.6. The minimum Gasteiger partial charge on any atom is -0.353 e. The second kappa shape index (κ2) is 7.66. The largest absolute Gasteiger partial charge is 0.353 e. The number of hydrogen-bond donors (Lipinski definition) is 2. The lowest BCUT2D eigenvalue weighted by Gasteiger charge is -2.28. The van der Waals surface area contributed by atoms with Gasteiger partial charge in [0.15, 0.2) is 0 Å². The Morgan fingerprint density at radius 1 is 1.38 bits per heavy atom. The second-order valence-corrected chi connectivity index (χ2v) is 4.90. The van der Waals surface area contributed by atoms with Crippen LogP contribution in [0.1, 0.15) is 52.4 Å². The Kier molecular flexibility index (Phi) is 6.46. The maximum Gasteiger partial charge on any atom is 0.220 e. The van der Waals surface area contributed by atoms with Crippen molar-refractivity contribution in [3.05, 3.63) is 0 Å². The summed E-state index contributed by atoms with van der Waals surface area (Å²) >= 11 is 0. The third kappa shape index (κ3) is 4.97. The molecule has 16 heavy (non-hydrogen) atoms. The third-order valence-electron chi connectivity index (χ3n) is 3.49. The molecule has 0 spiro atoms. The summed E-state index contributed by atoms with van der Waals surface area (Å²) in [6.07, 6.45) is 6.45. The highest BCUT2D eigenvalue weighted by molar-refractivity contribution is 5.76. The average molecular weight is 226 g/mol.